The van der Waals surface area contributed by atoms with Crippen LogP contribution in [-0.4, -0.2) is 32.6 Å². The van der Waals surface area contributed by atoms with E-state index in [-0.39, 0.29) is 24.0 Å². The number of H-pyrrole nitrogens is 1. The summed E-state index contributed by atoms with van der Waals surface area (Å²) in [6.07, 6.45) is 0.381. The molecule has 8 nitrogen and oxygen atoms in total. The Kier molecular flexibility index (Phi) is 5.29. The summed E-state index contributed by atoms with van der Waals surface area (Å²) in [5.41, 5.74) is 0.588. The van der Waals surface area contributed by atoms with Crippen LogP contribution in [0.25, 0.3) is 0 Å². The second kappa shape index (κ2) is 7.39. The van der Waals surface area contributed by atoms with E-state index in [1.165, 1.54) is 11.5 Å². The summed E-state index contributed by atoms with van der Waals surface area (Å²) >= 11 is 0. The summed E-state index contributed by atoms with van der Waals surface area (Å²) in [4.78, 5) is 34.9. The van der Waals surface area contributed by atoms with Crippen LogP contribution in [0.15, 0.2) is 35.1 Å². The molecule has 1 aromatic carbocycles. The molecule has 23 heavy (non-hydrogen) atoms. The fourth-order valence-electron chi connectivity index (χ4n) is 2.13. The molecule has 0 bridgehead atoms. The number of amides is 2. The van der Waals surface area contributed by atoms with E-state index in [1.807, 2.05) is 30.3 Å². The Balaban J connectivity index is 2.02. The van der Waals surface area contributed by atoms with Crippen LogP contribution < -0.4 is 16.3 Å². The zero-order valence-electron chi connectivity index (χ0n) is 13.0. The highest BCUT2D eigenvalue weighted by atomic mass is 16.2. The summed E-state index contributed by atoms with van der Waals surface area (Å²) in [5.74, 6) is -0.211. The van der Waals surface area contributed by atoms with Crippen LogP contribution in [0.4, 0.5) is 0 Å². The van der Waals surface area contributed by atoms with Gasteiger partial charge >= 0.3 is 5.69 Å². The highest BCUT2D eigenvalue weighted by Crippen LogP contribution is 2.04. The number of carbonyl (C=O) groups excluding carboxylic acids is 2. The topological polar surface area (TPSA) is 109 Å². The summed E-state index contributed by atoms with van der Waals surface area (Å²) in [5, 5.41) is 11.4. The summed E-state index contributed by atoms with van der Waals surface area (Å²) in [6, 6.07) is 8.72. The quantitative estimate of drug-likeness (QED) is 0.665. The number of nitrogens with zero attached hydrogens (tertiary/aromatic N) is 2. The van der Waals surface area contributed by atoms with Gasteiger partial charge in [-0.15, -0.1) is 0 Å². The standard InChI is InChI=1S/C15H19N5O3/c1-10(21)17-12(8-11-6-4-3-5-7-11)14(22)16-9-13-18-19-15(23)20(13)2/h3-7,12H,8-9H2,1-2H3,(H,16,22)(H,17,21)(H,19,23)/t12-/m0/s1. The van der Waals surface area contributed by atoms with E-state index in [1.54, 1.807) is 7.05 Å². The van der Waals surface area contributed by atoms with Crippen molar-refractivity contribution in [1.82, 2.24) is 25.4 Å². The van der Waals surface area contributed by atoms with Gasteiger partial charge in [0.1, 0.15) is 6.04 Å². The Morgan fingerprint density at radius 1 is 1.30 bits per heavy atom. The number of nitrogens with one attached hydrogen (secondary N) is 3. The van der Waals surface area contributed by atoms with E-state index < -0.39 is 6.04 Å². The normalized spacial score (nSPS) is 11.7. The average molecular weight is 317 g/mol. The summed E-state index contributed by atoms with van der Waals surface area (Å²) in [7, 11) is 1.56. The van der Waals surface area contributed by atoms with Gasteiger partial charge in [-0.3, -0.25) is 14.2 Å². The molecular formula is C15H19N5O3. The molecule has 2 rings (SSSR count). The van der Waals surface area contributed by atoms with Crippen LogP contribution in [0.2, 0.25) is 0 Å². The van der Waals surface area contributed by atoms with Crippen molar-refractivity contribution in [2.24, 2.45) is 7.05 Å². The predicted octanol–water partition coefficient (Wildman–Crippen LogP) is -0.528. The van der Waals surface area contributed by atoms with Crippen LogP contribution in [0, 0.1) is 0 Å². The Bertz CT molecular complexity index is 735. The fraction of sp³-hybridized carbons (Fsp3) is 0.333. The minimum absolute atomic E-state index is 0.0962. The van der Waals surface area contributed by atoms with Gasteiger partial charge < -0.3 is 10.6 Å². The van der Waals surface area contributed by atoms with Crippen molar-refractivity contribution in [2.75, 3.05) is 0 Å². The third kappa shape index (κ3) is 4.53. The van der Waals surface area contributed by atoms with E-state index in [0.717, 1.165) is 5.56 Å². The molecule has 2 aromatic rings. The van der Waals surface area contributed by atoms with Crippen LogP contribution in [0.3, 0.4) is 0 Å². The molecule has 0 aliphatic heterocycles. The molecule has 3 N–H and O–H groups in total. The largest absolute Gasteiger partial charge is 0.347 e. The lowest BCUT2D eigenvalue weighted by Gasteiger charge is -2.17. The van der Waals surface area contributed by atoms with Gasteiger partial charge in [0.05, 0.1) is 6.54 Å². The van der Waals surface area contributed by atoms with E-state index in [4.69, 9.17) is 0 Å². The van der Waals surface area contributed by atoms with Crippen molar-refractivity contribution in [3.8, 4) is 0 Å². The van der Waals surface area contributed by atoms with Crippen LogP contribution in [-0.2, 0) is 29.6 Å². The first kappa shape index (κ1) is 16.5. The van der Waals surface area contributed by atoms with Crippen molar-refractivity contribution in [1.29, 1.82) is 0 Å². The fourth-order valence-corrected chi connectivity index (χ4v) is 2.13. The molecule has 0 fully saturated rings. The summed E-state index contributed by atoms with van der Waals surface area (Å²) in [6.45, 7) is 1.46. The maximum Gasteiger partial charge on any atom is 0.343 e. The SMILES string of the molecule is CC(=O)N[C@@H](Cc1ccccc1)C(=O)NCc1n[nH]c(=O)n1C. The minimum atomic E-state index is -0.689. The van der Waals surface area contributed by atoms with Gasteiger partial charge in [0.25, 0.3) is 0 Å². The molecule has 0 aliphatic rings. The molecule has 0 saturated heterocycles. The van der Waals surface area contributed by atoms with Gasteiger partial charge in [0, 0.05) is 20.4 Å². The molecule has 0 saturated carbocycles. The first-order valence-corrected chi connectivity index (χ1v) is 7.16. The molecule has 1 atom stereocenters. The molecule has 122 valence electrons. The highest BCUT2D eigenvalue weighted by Gasteiger charge is 2.20. The van der Waals surface area contributed by atoms with Crippen molar-refractivity contribution in [3.05, 3.63) is 52.2 Å². The molecule has 2 amide bonds. The molecule has 8 heteroatoms. The van der Waals surface area contributed by atoms with Gasteiger partial charge in [-0.25, -0.2) is 9.89 Å². The van der Waals surface area contributed by atoms with Crippen LogP contribution in [0.1, 0.15) is 18.3 Å². The molecule has 0 unspecified atom stereocenters. The number of aromatic amines is 1. The number of rotatable bonds is 6. The Labute approximate surface area is 132 Å². The predicted molar refractivity (Wildman–Crippen MR) is 83.4 cm³/mol. The zero-order chi connectivity index (χ0) is 16.8. The first-order valence-electron chi connectivity index (χ1n) is 7.16. The van der Waals surface area contributed by atoms with Gasteiger partial charge in [-0.1, -0.05) is 30.3 Å². The van der Waals surface area contributed by atoms with Crippen LogP contribution >= 0.6 is 0 Å². The smallest absolute Gasteiger partial charge is 0.343 e. The molecule has 0 radical (unpaired) electrons. The second-order valence-corrected chi connectivity index (χ2v) is 5.16. The molecular weight excluding hydrogens is 298 g/mol. The van der Waals surface area contributed by atoms with Crippen LogP contribution in [0.5, 0.6) is 0 Å². The molecule has 1 aromatic heterocycles. The number of aromatic nitrogens is 3. The van der Waals surface area contributed by atoms with Gasteiger partial charge in [0.15, 0.2) is 5.82 Å². The first-order chi connectivity index (χ1) is 11.0. The molecule has 1 heterocycles. The summed E-state index contributed by atoms with van der Waals surface area (Å²) < 4.78 is 1.31. The average Bonchev–Trinajstić information content (AvgIpc) is 2.84. The third-order valence-electron chi connectivity index (χ3n) is 3.37. The maximum atomic E-state index is 12.3. The van der Waals surface area contributed by atoms with Crippen molar-refractivity contribution >= 4 is 11.8 Å². The van der Waals surface area contributed by atoms with Crippen molar-refractivity contribution in [2.45, 2.75) is 25.9 Å². The van der Waals surface area contributed by atoms with E-state index >= 15 is 0 Å². The zero-order valence-corrected chi connectivity index (χ0v) is 13.0. The minimum Gasteiger partial charge on any atom is -0.347 e. The van der Waals surface area contributed by atoms with E-state index in [0.29, 0.717) is 12.2 Å². The van der Waals surface area contributed by atoms with Crippen molar-refractivity contribution in [3.63, 3.8) is 0 Å². The Hall–Kier alpha value is -2.90. The maximum absolute atomic E-state index is 12.3. The molecule has 0 aliphatic carbocycles. The number of hydrogen-bond donors (Lipinski definition) is 3. The third-order valence-corrected chi connectivity index (χ3v) is 3.37. The van der Waals surface area contributed by atoms with E-state index in [9.17, 15) is 14.4 Å². The lowest BCUT2D eigenvalue weighted by Crippen LogP contribution is -2.47. The Morgan fingerprint density at radius 3 is 2.57 bits per heavy atom. The lowest BCUT2D eigenvalue weighted by molar-refractivity contribution is -0.128. The van der Waals surface area contributed by atoms with E-state index in [2.05, 4.69) is 20.8 Å². The molecule has 0 spiro atoms. The van der Waals surface area contributed by atoms with Crippen molar-refractivity contribution < 1.29 is 9.59 Å². The van der Waals surface area contributed by atoms with Gasteiger partial charge in [0.2, 0.25) is 11.8 Å². The Morgan fingerprint density at radius 2 is 2.00 bits per heavy atom. The number of carbonyl (C=O) groups is 2. The van der Waals surface area contributed by atoms with Gasteiger partial charge in [-0.2, -0.15) is 5.10 Å². The monoisotopic (exact) mass is 317 g/mol. The lowest BCUT2D eigenvalue weighted by atomic mass is 10.1. The highest BCUT2D eigenvalue weighted by molar-refractivity contribution is 5.87. The number of hydrogen-bond acceptors (Lipinski definition) is 4. The van der Waals surface area contributed by atoms with Gasteiger partial charge in [-0.05, 0) is 5.56 Å². The second-order valence-electron chi connectivity index (χ2n) is 5.16. The number of benzene rings is 1.